The zero-order valence-corrected chi connectivity index (χ0v) is 24.8. The first-order valence-corrected chi connectivity index (χ1v) is 14.9. The molecule has 6 aromatic carbocycles. The number of aromatic nitrogens is 1. The lowest BCUT2D eigenvalue weighted by Crippen LogP contribution is -2.15. The molecule has 0 atom stereocenters. The van der Waals surface area contributed by atoms with E-state index in [1.54, 1.807) is 0 Å². The van der Waals surface area contributed by atoms with Crippen molar-refractivity contribution in [2.75, 3.05) is 0 Å². The molecular weight excluding hydrogens is 553 g/mol. The molecule has 1 aliphatic carbocycles. The zero-order chi connectivity index (χ0) is 30.9. The van der Waals surface area contributed by atoms with Gasteiger partial charge < -0.3 is 4.57 Å². The van der Waals surface area contributed by atoms with Crippen LogP contribution in [0.2, 0.25) is 0 Å². The fourth-order valence-corrected chi connectivity index (χ4v) is 7.32. The molecule has 0 radical (unpaired) electrons. The van der Waals surface area contributed by atoms with Gasteiger partial charge in [-0.05, 0) is 51.6 Å². The van der Waals surface area contributed by atoms with Crippen LogP contribution in [0.3, 0.4) is 0 Å². The van der Waals surface area contributed by atoms with Crippen molar-refractivity contribution >= 4 is 21.8 Å². The van der Waals surface area contributed by atoms with Gasteiger partial charge >= 0.3 is 0 Å². The highest BCUT2D eigenvalue weighted by atomic mass is 19.1. The number of hydrogen-bond donors (Lipinski definition) is 0. The van der Waals surface area contributed by atoms with Crippen LogP contribution in [-0.4, -0.2) is 4.57 Å². The van der Waals surface area contributed by atoms with Crippen LogP contribution in [0.4, 0.5) is 4.39 Å². The van der Waals surface area contributed by atoms with Crippen molar-refractivity contribution in [2.45, 2.75) is 19.3 Å². The highest BCUT2D eigenvalue weighted by Crippen LogP contribution is 2.51. The number of benzene rings is 6. The molecule has 0 amide bonds. The van der Waals surface area contributed by atoms with Crippen LogP contribution in [0.25, 0.3) is 60.9 Å². The summed E-state index contributed by atoms with van der Waals surface area (Å²) in [5, 5.41) is 23.5. The maximum atomic E-state index is 17.1. The largest absolute Gasteiger partial charge is 0.307 e. The first-order valence-electron chi connectivity index (χ1n) is 14.9. The first kappa shape index (κ1) is 26.6. The van der Waals surface area contributed by atoms with Crippen molar-refractivity contribution in [3.05, 3.63) is 149 Å². The number of fused-ring (bicyclic) bond motifs is 6. The molecule has 0 bridgehead atoms. The van der Waals surface area contributed by atoms with Crippen LogP contribution in [0.15, 0.2) is 121 Å². The van der Waals surface area contributed by atoms with Gasteiger partial charge in [-0.2, -0.15) is 10.5 Å². The molecule has 0 spiro atoms. The van der Waals surface area contributed by atoms with E-state index in [0.717, 1.165) is 27.4 Å². The fraction of sp³-hybridized carbons (Fsp3) is 0.0732. The van der Waals surface area contributed by atoms with Gasteiger partial charge in [0.15, 0.2) is 5.82 Å². The Bertz CT molecular complexity index is 2420. The van der Waals surface area contributed by atoms with Gasteiger partial charge in [-0.3, -0.25) is 0 Å². The third-order valence-corrected chi connectivity index (χ3v) is 9.36. The van der Waals surface area contributed by atoms with Crippen LogP contribution >= 0.6 is 0 Å². The fourth-order valence-electron chi connectivity index (χ4n) is 7.32. The van der Waals surface area contributed by atoms with Gasteiger partial charge in [0.2, 0.25) is 0 Å². The molecule has 0 saturated heterocycles. The third kappa shape index (κ3) is 3.67. The zero-order valence-electron chi connectivity index (χ0n) is 24.8. The van der Waals surface area contributed by atoms with Crippen LogP contribution in [0, 0.1) is 28.5 Å². The molecule has 1 aromatic heterocycles. The van der Waals surface area contributed by atoms with E-state index in [2.05, 4.69) is 68.5 Å². The Morgan fingerprint density at radius 2 is 1.18 bits per heavy atom. The molecule has 4 heteroatoms. The number of nitriles is 2. The highest BCUT2D eigenvalue weighted by molar-refractivity contribution is 6.12. The predicted octanol–water partition coefficient (Wildman–Crippen LogP) is 10.3. The predicted molar refractivity (Wildman–Crippen MR) is 179 cm³/mol. The highest BCUT2D eigenvalue weighted by Gasteiger charge is 2.37. The monoisotopic (exact) mass is 579 g/mol. The molecule has 8 rings (SSSR count). The van der Waals surface area contributed by atoms with E-state index in [1.807, 2.05) is 83.4 Å². The summed E-state index contributed by atoms with van der Waals surface area (Å²) in [5.41, 5.74) is 8.53. The number of hydrogen-bond acceptors (Lipinski definition) is 2. The number of rotatable bonds is 3. The van der Waals surface area contributed by atoms with Crippen LogP contribution in [0.5, 0.6) is 0 Å². The van der Waals surface area contributed by atoms with E-state index < -0.39 is 5.82 Å². The Morgan fingerprint density at radius 3 is 1.87 bits per heavy atom. The van der Waals surface area contributed by atoms with Gasteiger partial charge in [-0.1, -0.05) is 117 Å². The van der Waals surface area contributed by atoms with Crippen molar-refractivity contribution < 1.29 is 4.39 Å². The van der Waals surface area contributed by atoms with Gasteiger partial charge in [0, 0.05) is 27.3 Å². The normalized spacial score (nSPS) is 12.9. The number of nitrogens with zero attached hydrogens (tertiary/aromatic N) is 3. The molecule has 1 aliphatic rings. The molecule has 3 nitrogen and oxygen atoms in total. The van der Waals surface area contributed by atoms with Gasteiger partial charge in [0.25, 0.3) is 0 Å². The second-order valence-electron chi connectivity index (χ2n) is 12.1. The maximum absolute atomic E-state index is 17.1. The third-order valence-electron chi connectivity index (χ3n) is 9.36. The summed E-state index contributed by atoms with van der Waals surface area (Å²) in [5.74, 6) is -0.642. The lowest BCUT2D eigenvalue weighted by atomic mass is 9.82. The van der Waals surface area contributed by atoms with Crippen molar-refractivity contribution in [3.63, 3.8) is 0 Å². The van der Waals surface area contributed by atoms with Gasteiger partial charge in [0.1, 0.15) is 17.7 Å². The SMILES string of the molecule is CC1(C)c2ccccc2-c2cc3c4ccccc4n(-c4c(C#N)c(F)c(-c5ccccc5)c(-c5ccccc5)c4C#N)c3cc21. The summed E-state index contributed by atoms with van der Waals surface area (Å²) in [4.78, 5) is 0. The summed E-state index contributed by atoms with van der Waals surface area (Å²) in [6.45, 7) is 4.44. The molecule has 45 heavy (non-hydrogen) atoms. The molecule has 0 aliphatic heterocycles. The van der Waals surface area contributed by atoms with E-state index in [4.69, 9.17) is 0 Å². The minimum atomic E-state index is -0.642. The molecular formula is C41H26FN3. The van der Waals surface area contributed by atoms with Crippen molar-refractivity contribution in [3.8, 4) is 51.2 Å². The molecule has 7 aromatic rings. The standard InChI is InChI=1S/C41H26FN3/c1-41(2)33-19-11-9-17-27(33)29-21-30-28-18-10-12-20-35(28)45(36(30)22-34(29)41)40-31(23-43)37(25-13-5-3-6-14-25)38(39(42)32(40)24-44)26-15-7-4-8-16-26/h3-22H,1-2H3. The van der Waals surface area contributed by atoms with Crippen molar-refractivity contribution in [1.29, 1.82) is 10.5 Å². The summed E-state index contributed by atoms with van der Waals surface area (Å²) >= 11 is 0. The second-order valence-corrected chi connectivity index (χ2v) is 12.1. The van der Waals surface area contributed by atoms with Gasteiger partial charge in [0.05, 0.1) is 22.3 Å². The Hall–Kier alpha value is -5.97. The molecule has 0 N–H and O–H groups in total. The Morgan fingerprint density at radius 1 is 0.578 bits per heavy atom. The summed E-state index contributed by atoms with van der Waals surface area (Å²) in [6, 6.07) is 44.1. The summed E-state index contributed by atoms with van der Waals surface area (Å²) < 4.78 is 19.0. The Labute approximate surface area is 260 Å². The average molecular weight is 580 g/mol. The van der Waals surface area contributed by atoms with Crippen molar-refractivity contribution in [1.82, 2.24) is 4.57 Å². The van der Waals surface area contributed by atoms with Crippen LogP contribution in [0.1, 0.15) is 36.1 Å². The van der Waals surface area contributed by atoms with Crippen LogP contribution in [-0.2, 0) is 5.41 Å². The number of halogens is 1. The molecule has 0 fully saturated rings. The van der Waals surface area contributed by atoms with Crippen LogP contribution < -0.4 is 0 Å². The Balaban J connectivity index is 1.57. The Kier molecular flexibility index (Phi) is 5.79. The van der Waals surface area contributed by atoms with E-state index in [1.165, 1.54) is 16.7 Å². The molecule has 0 unspecified atom stereocenters. The van der Waals surface area contributed by atoms with Gasteiger partial charge in [-0.15, -0.1) is 0 Å². The number of para-hydroxylation sites is 1. The molecule has 1 heterocycles. The topological polar surface area (TPSA) is 52.5 Å². The second kappa shape index (κ2) is 9.78. The minimum Gasteiger partial charge on any atom is -0.307 e. The van der Waals surface area contributed by atoms with Crippen molar-refractivity contribution in [2.24, 2.45) is 0 Å². The average Bonchev–Trinajstić information content (AvgIpc) is 3.52. The summed E-state index contributed by atoms with van der Waals surface area (Å²) in [6.07, 6.45) is 0. The lowest BCUT2D eigenvalue weighted by Gasteiger charge is -2.23. The molecule has 0 saturated carbocycles. The summed E-state index contributed by atoms with van der Waals surface area (Å²) in [7, 11) is 0. The lowest BCUT2D eigenvalue weighted by molar-refractivity contribution is 0.626. The maximum Gasteiger partial charge on any atom is 0.151 e. The minimum absolute atomic E-state index is 0.157. The van der Waals surface area contributed by atoms with E-state index in [-0.39, 0.29) is 27.8 Å². The van der Waals surface area contributed by atoms with E-state index in [9.17, 15) is 10.5 Å². The smallest absolute Gasteiger partial charge is 0.151 e. The quantitative estimate of drug-likeness (QED) is 0.209. The van der Waals surface area contributed by atoms with E-state index in [0.29, 0.717) is 16.7 Å². The molecule has 212 valence electrons. The van der Waals surface area contributed by atoms with E-state index >= 15 is 4.39 Å². The first-order chi connectivity index (χ1) is 22.0. The van der Waals surface area contributed by atoms with Gasteiger partial charge in [-0.25, -0.2) is 4.39 Å².